The lowest BCUT2D eigenvalue weighted by atomic mass is 9.82. The van der Waals surface area contributed by atoms with Gasteiger partial charge in [0, 0.05) is 16.6 Å². The summed E-state index contributed by atoms with van der Waals surface area (Å²) in [4.78, 5) is 0. The van der Waals surface area contributed by atoms with Gasteiger partial charge in [0.25, 0.3) is 0 Å². The number of halogens is 2. The van der Waals surface area contributed by atoms with Gasteiger partial charge in [-0.15, -0.1) is 0 Å². The zero-order valence-corrected chi connectivity index (χ0v) is 10.4. The van der Waals surface area contributed by atoms with E-state index in [0.717, 1.165) is 31.5 Å². The molecule has 1 aromatic carbocycles. The molecular weight excluding hydrogens is 245 g/mol. The summed E-state index contributed by atoms with van der Waals surface area (Å²) in [6, 6.07) is 5.56. The Morgan fingerprint density at radius 1 is 1.19 bits per heavy atom. The van der Waals surface area contributed by atoms with Crippen LogP contribution in [-0.2, 0) is 6.54 Å². The van der Waals surface area contributed by atoms with Crippen molar-refractivity contribution in [2.75, 3.05) is 6.54 Å². The monoisotopic (exact) mass is 259 g/mol. The zero-order valence-electron chi connectivity index (χ0n) is 8.92. The van der Waals surface area contributed by atoms with Crippen molar-refractivity contribution in [2.24, 2.45) is 5.92 Å². The molecule has 0 radical (unpaired) electrons. The molecule has 4 heteroatoms. The molecule has 1 saturated carbocycles. The SMILES string of the molecule is OC1CC(CNCc2cc(Cl)cc(Cl)c2)C1. The standard InChI is InChI=1S/C12H15Cl2NO/c13-10-1-8(2-11(14)5-10)6-15-7-9-3-12(16)4-9/h1-2,5,9,12,15-16H,3-4,6-7H2. The van der Waals surface area contributed by atoms with E-state index in [1.807, 2.05) is 12.1 Å². The topological polar surface area (TPSA) is 32.3 Å². The molecule has 1 fully saturated rings. The number of rotatable bonds is 4. The summed E-state index contributed by atoms with van der Waals surface area (Å²) in [5.41, 5.74) is 1.09. The Bertz CT molecular complexity index is 344. The first-order valence-electron chi connectivity index (χ1n) is 5.47. The van der Waals surface area contributed by atoms with Gasteiger partial charge in [0.05, 0.1) is 6.10 Å². The van der Waals surface area contributed by atoms with Crippen molar-refractivity contribution in [3.05, 3.63) is 33.8 Å². The molecule has 0 spiro atoms. The number of nitrogens with one attached hydrogen (secondary N) is 1. The molecule has 1 aliphatic rings. The van der Waals surface area contributed by atoms with Crippen LogP contribution in [0, 0.1) is 5.92 Å². The average Bonchev–Trinajstić information content (AvgIpc) is 2.13. The van der Waals surface area contributed by atoms with Crippen LogP contribution in [-0.4, -0.2) is 17.8 Å². The van der Waals surface area contributed by atoms with Crippen LogP contribution in [0.25, 0.3) is 0 Å². The molecule has 2 nitrogen and oxygen atoms in total. The fourth-order valence-electron chi connectivity index (χ4n) is 2.00. The second kappa shape index (κ2) is 5.37. The lowest BCUT2D eigenvalue weighted by Crippen LogP contribution is -2.35. The van der Waals surface area contributed by atoms with Crippen LogP contribution in [0.15, 0.2) is 18.2 Å². The van der Waals surface area contributed by atoms with Gasteiger partial charge in [0.15, 0.2) is 0 Å². The summed E-state index contributed by atoms with van der Waals surface area (Å²) >= 11 is 11.8. The number of hydrogen-bond acceptors (Lipinski definition) is 2. The van der Waals surface area contributed by atoms with Crippen molar-refractivity contribution in [2.45, 2.75) is 25.5 Å². The molecule has 0 heterocycles. The zero-order chi connectivity index (χ0) is 11.5. The molecular formula is C12H15Cl2NO. The van der Waals surface area contributed by atoms with E-state index in [1.54, 1.807) is 6.07 Å². The molecule has 2 rings (SSSR count). The van der Waals surface area contributed by atoms with E-state index >= 15 is 0 Å². The van der Waals surface area contributed by atoms with E-state index in [2.05, 4.69) is 5.32 Å². The molecule has 0 saturated heterocycles. The Labute approximate surface area is 106 Å². The van der Waals surface area contributed by atoms with Crippen LogP contribution in [0.1, 0.15) is 18.4 Å². The summed E-state index contributed by atoms with van der Waals surface area (Å²) in [5.74, 6) is 0.615. The first-order valence-corrected chi connectivity index (χ1v) is 6.23. The molecule has 88 valence electrons. The third-order valence-corrected chi connectivity index (χ3v) is 3.33. The quantitative estimate of drug-likeness (QED) is 0.872. The normalized spacial score (nSPS) is 24.2. The third-order valence-electron chi connectivity index (χ3n) is 2.90. The van der Waals surface area contributed by atoms with Crippen LogP contribution in [0.2, 0.25) is 10.0 Å². The first kappa shape index (κ1) is 12.2. The third kappa shape index (κ3) is 3.36. The Hall–Kier alpha value is -0.280. The number of hydrogen-bond donors (Lipinski definition) is 2. The van der Waals surface area contributed by atoms with Gasteiger partial charge in [-0.1, -0.05) is 23.2 Å². The minimum Gasteiger partial charge on any atom is -0.393 e. The van der Waals surface area contributed by atoms with Crippen molar-refractivity contribution in [1.29, 1.82) is 0 Å². The minimum atomic E-state index is -0.0765. The second-order valence-electron chi connectivity index (χ2n) is 4.40. The van der Waals surface area contributed by atoms with Crippen LogP contribution in [0.3, 0.4) is 0 Å². The van der Waals surface area contributed by atoms with Crippen molar-refractivity contribution in [3.8, 4) is 0 Å². The maximum atomic E-state index is 9.14. The highest BCUT2D eigenvalue weighted by atomic mass is 35.5. The lowest BCUT2D eigenvalue weighted by Gasteiger charge is -2.31. The van der Waals surface area contributed by atoms with Gasteiger partial charge >= 0.3 is 0 Å². The van der Waals surface area contributed by atoms with E-state index in [9.17, 15) is 0 Å². The largest absolute Gasteiger partial charge is 0.393 e. The molecule has 0 aromatic heterocycles. The highest BCUT2D eigenvalue weighted by Gasteiger charge is 2.26. The van der Waals surface area contributed by atoms with Gasteiger partial charge in [-0.3, -0.25) is 0 Å². The highest BCUT2D eigenvalue weighted by molar-refractivity contribution is 6.34. The maximum Gasteiger partial charge on any atom is 0.0546 e. The molecule has 0 atom stereocenters. The van der Waals surface area contributed by atoms with Gasteiger partial charge in [0.2, 0.25) is 0 Å². The van der Waals surface area contributed by atoms with Crippen LogP contribution in [0.4, 0.5) is 0 Å². The number of aliphatic hydroxyl groups excluding tert-OH is 1. The molecule has 0 aliphatic heterocycles. The van der Waals surface area contributed by atoms with E-state index in [1.165, 1.54) is 0 Å². The van der Waals surface area contributed by atoms with Gasteiger partial charge in [-0.25, -0.2) is 0 Å². The fraction of sp³-hybridized carbons (Fsp3) is 0.500. The fourth-order valence-corrected chi connectivity index (χ4v) is 2.57. The molecule has 16 heavy (non-hydrogen) atoms. The first-order chi connectivity index (χ1) is 7.63. The summed E-state index contributed by atoms with van der Waals surface area (Å²) in [6.45, 7) is 1.72. The summed E-state index contributed by atoms with van der Waals surface area (Å²) in [5, 5.41) is 13.8. The van der Waals surface area contributed by atoms with Gasteiger partial charge in [0.1, 0.15) is 0 Å². The van der Waals surface area contributed by atoms with Gasteiger partial charge in [-0.05, 0) is 49.1 Å². The van der Waals surface area contributed by atoms with Gasteiger partial charge in [-0.2, -0.15) is 0 Å². The van der Waals surface area contributed by atoms with Crippen LogP contribution < -0.4 is 5.32 Å². The highest BCUT2D eigenvalue weighted by Crippen LogP contribution is 2.26. The summed E-state index contributed by atoms with van der Waals surface area (Å²) < 4.78 is 0. The smallest absolute Gasteiger partial charge is 0.0546 e. The predicted octanol–water partition coefficient (Wildman–Crippen LogP) is 2.85. The molecule has 0 unspecified atom stereocenters. The average molecular weight is 260 g/mol. The molecule has 1 aliphatic carbocycles. The molecule has 0 amide bonds. The van der Waals surface area contributed by atoms with Crippen molar-refractivity contribution in [1.82, 2.24) is 5.32 Å². The minimum absolute atomic E-state index is 0.0765. The van der Waals surface area contributed by atoms with E-state index in [4.69, 9.17) is 28.3 Å². The number of benzene rings is 1. The predicted molar refractivity (Wildman–Crippen MR) is 66.9 cm³/mol. The van der Waals surface area contributed by atoms with Crippen molar-refractivity contribution < 1.29 is 5.11 Å². The number of aliphatic hydroxyl groups is 1. The van der Waals surface area contributed by atoms with E-state index in [0.29, 0.717) is 16.0 Å². The maximum absolute atomic E-state index is 9.14. The summed E-state index contributed by atoms with van der Waals surface area (Å²) in [6.07, 6.45) is 1.76. The Morgan fingerprint density at radius 3 is 2.38 bits per heavy atom. The van der Waals surface area contributed by atoms with Crippen LogP contribution in [0.5, 0.6) is 0 Å². The Balaban J connectivity index is 1.76. The van der Waals surface area contributed by atoms with Gasteiger partial charge < -0.3 is 10.4 Å². The van der Waals surface area contributed by atoms with E-state index < -0.39 is 0 Å². The van der Waals surface area contributed by atoms with Crippen LogP contribution >= 0.6 is 23.2 Å². The van der Waals surface area contributed by atoms with Crippen molar-refractivity contribution in [3.63, 3.8) is 0 Å². The Morgan fingerprint density at radius 2 is 1.81 bits per heavy atom. The summed E-state index contributed by atoms with van der Waals surface area (Å²) in [7, 11) is 0. The van der Waals surface area contributed by atoms with Crippen molar-refractivity contribution >= 4 is 23.2 Å². The Kier molecular flexibility index (Phi) is 4.09. The lowest BCUT2D eigenvalue weighted by molar-refractivity contribution is 0.0430. The molecule has 0 bridgehead atoms. The molecule has 1 aromatic rings. The second-order valence-corrected chi connectivity index (χ2v) is 5.27. The molecule has 2 N–H and O–H groups in total. The van der Waals surface area contributed by atoms with E-state index in [-0.39, 0.29) is 6.10 Å².